The van der Waals surface area contributed by atoms with Crippen molar-refractivity contribution in [1.29, 1.82) is 10.5 Å². The van der Waals surface area contributed by atoms with Crippen molar-refractivity contribution in [1.82, 2.24) is 4.90 Å². The van der Waals surface area contributed by atoms with Crippen LogP contribution in [0, 0.1) is 28.1 Å². The number of nitriles is 2. The van der Waals surface area contributed by atoms with Gasteiger partial charge in [-0.15, -0.1) is 11.3 Å². The number of carbonyl (C=O) groups excluding carboxylic acids is 1. The lowest BCUT2D eigenvalue weighted by atomic mass is 9.67. The molecule has 168 valence electrons. The number of ketones is 1. The normalized spacial score (nSPS) is 22.4. The van der Waals surface area contributed by atoms with Crippen LogP contribution < -0.4 is 0 Å². The minimum absolute atomic E-state index is 0.228. The quantitative estimate of drug-likeness (QED) is 0.425. The van der Waals surface area contributed by atoms with Gasteiger partial charge in [-0.2, -0.15) is 23.7 Å². The van der Waals surface area contributed by atoms with Crippen LogP contribution in [0.2, 0.25) is 0 Å². The zero-order valence-electron chi connectivity index (χ0n) is 17.5. The highest BCUT2D eigenvalue weighted by Crippen LogP contribution is 2.61. The van der Waals surface area contributed by atoms with Crippen molar-refractivity contribution in [3.05, 3.63) is 99.4 Å². The van der Waals surface area contributed by atoms with E-state index in [-0.39, 0.29) is 5.56 Å². The van der Waals surface area contributed by atoms with Gasteiger partial charge in [0, 0.05) is 12.1 Å². The minimum atomic E-state index is -4.72. The summed E-state index contributed by atoms with van der Waals surface area (Å²) in [6.07, 6.45) is -1.33. The van der Waals surface area contributed by atoms with Crippen LogP contribution >= 0.6 is 11.3 Å². The van der Waals surface area contributed by atoms with Gasteiger partial charge in [-0.3, -0.25) is 4.79 Å². The fourth-order valence-corrected chi connectivity index (χ4v) is 5.93. The van der Waals surface area contributed by atoms with E-state index >= 15 is 0 Å². The molecule has 0 bridgehead atoms. The van der Waals surface area contributed by atoms with E-state index in [9.17, 15) is 28.5 Å². The molecule has 0 aliphatic carbocycles. The third-order valence-electron chi connectivity index (χ3n) is 6.58. The number of fused-ring (bicyclic) bond motifs is 3. The molecule has 0 saturated carbocycles. The van der Waals surface area contributed by atoms with Gasteiger partial charge in [0.25, 0.3) is 0 Å². The van der Waals surface area contributed by atoms with Gasteiger partial charge in [0.05, 0.1) is 28.6 Å². The van der Waals surface area contributed by atoms with Crippen LogP contribution in [0.25, 0.3) is 6.08 Å². The second-order valence-electron chi connectivity index (χ2n) is 8.24. The average Bonchev–Trinajstić information content (AvgIpc) is 3.48. The molecule has 0 amide bonds. The lowest BCUT2D eigenvalue weighted by Gasteiger charge is -2.34. The van der Waals surface area contributed by atoms with Gasteiger partial charge in [0.2, 0.25) is 0 Å². The molecule has 1 aromatic heterocycles. The number of benzene rings is 2. The van der Waals surface area contributed by atoms with Crippen molar-refractivity contribution in [2.75, 3.05) is 0 Å². The first-order valence-electron chi connectivity index (χ1n) is 10.4. The third kappa shape index (κ3) is 3.07. The van der Waals surface area contributed by atoms with Crippen LogP contribution in [0.15, 0.2) is 72.2 Å². The second-order valence-corrected chi connectivity index (χ2v) is 9.18. The van der Waals surface area contributed by atoms with Crippen molar-refractivity contribution in [3.63, 3.8) is 0 Å². The fourth-order valence-electron chi connectivity index (χ4n) is 5.23. The summed E-state index contributed by atoms with van der Waals surface area (Å²) in [5.74, 6) is -1.76. The Balaban J connectivity index is 1.83. The van der Waals surface area contributed by atoms with E-state index in [1.165, 1.54) is 29.5 Å². The van der Waals surface area contributed by atoms with E-state index in [4.69, 9.17) is 0 Å². The number of rotatable bonds is 3. The van der Waals surface area contributed by atoms with Crippen molar-refractivity contribution in [2.24, 2.45) is 5.41 Å². The Kier molecular flexibility index (Phi) is 5.07. The SMILES string of the molecule is N#CC1(C#N)[C@H](c2ccccc2C(F)(F)F)[C@@H](C(=O)c2cccs2)N2C=Cc3ccccc3[C@@H]21. The van der Waals surface area contributed by atoms with Crippen LogP contribution in [0.4, 0.5) is 13.2 Å². The molecule has 34 heavy (non-hydrogen) atoms. The summed E-state index contributed by atoms with van der Waals surface area (Å²) in [4.78, 5) is 15.7. The van der Waals surface area contributed by atoms with E-state index < -0.39 is 40.9 Å². The molecule has 3 aromatic rings. The van der Waals surface area contributed by atoms with Gasteiger partial charge in [-0.1, -0.05) is 48.5 Å². The highest BCUT2D eigenvalue weighted by Gasteiger charge is 2.64. The second kappa shape index (κ2) is 7.86. The molecule has 2 aromatic carbocycles. The first-order valence-corrected chi connectivity index (χ1v) is 11.3. The van der Waals surface area contributed by atoms with E-state index in [2.05, 4.69) is 12.1 Å². The first-order chi connectivity index (χ1) is 16.3. The Labute approximate surface area is 197 Å². The van der Waals surface area contributed by atoms with Crippen LogP contribution in [0.5, 0.6) is 0 Å². The van der Waals surface area contributed by atoms with Gasteiger partial charge in [-0.05, 0) is 40.3 Å². The summed E-state index contributed by atoms with van der Waals surface area (Å²) in [5.41, 5.74) is -1.74. The lowest BCUT2D eigenvalue weighted by Crippen LogP contribution is -2.38. The third-order valence-corrected chi connectivity index (χ3v) is 7.46. The van der Waals surface area contributed by atoms with E-state index in [0.717, 1.165) is 11.6 Å². The number of hydrogen-bond acceptors (Lipinski definition) is 5. The van der Waals surface area contributed by atoms with Crippen molar-refractivity contribution >= 4 is 23.2 Å². The zero-order chi connectivity index (χ0) is 24.1. The molecule has 0 N–H and O–H groups in total. The molecule has 3 atom stereocenters. The summed E-state index contributed by atoms with van der Waals surface area (Å²) in [7, 11) is 0. The Morgan fingerprint density at radius 1 is 0.971 bits per heavy atom. The van der Waals surface area contributed by atoms with Crippen LogP contribution in [-0.2, 0) is 6.18 Å². The largest absolute Gasteiger partial charge is 0.416 e. The Morgan fingerprint density at radius 2 is 1.65 bits per heavy atom. The smallest absolute Gasteiger partial charge is 0.357 e. The molecule has 3 heterocycles. The molecule has 5 rings (SSSR count). The van der Waals surface area contributed by atoms with Gasteiger partial charge < -0.3 is 4.90 Å². The molecule has 0 radical (unpaired) electrons. The van der Waals surface area contributed by atoms with Gasteiger partial charge in [0.1, 0.15) is 6.04 Å². The summed E-state index contributed by atoms with van der Waals surface area (Å²) in [6.45, 7) is 0. The number of thiophene rings is 1. The minimum Gasteiger partial charge on any atom is -0.357 e. The molecule has 1 fully saturated rings. The van der Waals surface area contributed by atoms with Gasteiger partial charge in [-0.25, -0.2) is 0 Å². The molecule has 4 nitrogen and oxygen atoms in total. The first kappa shape index (κ1) is 21.9. The summed E-state index contributed by atoms with van der Waals surface area (Å²) >= 11 is 1.18. The Bertz CT molecular complexity index is 1370. The molecule has 2 aliphatic heterocycles. The average molecular weight is 475 g/mol. The standard InChI is InChI=1S/C26H16F3N3OS/c27-26(28,29)19-9-4-3-8-18(19)21-22(23(33)20-10-5-13-34-20)32-12-11-16-6-1-2-7-17(16)24(32)25(21,14-30)15-31/h1-13,21-22,24H/t21-,22+,24-/m1/s1. The monoisotopic (exact) mass is 475 g/mol. The maximum Gasteiger partial charge on any atom is 0.416 e. The summed E-state index contributed by atoms with van der Waals surface area (Å²) in [6, 6.07) is 17.4. The van der Waals surface area contributed by atoms with Crippen LogP contribution in [-0.4, -0.2) is 16.7 Å². The Hall–Kier alpha value is -3.88. The number of Topliss-reactive ketones (excluding diaryl/α,β-unsaturated/α-hetero) is 1. The molecule has 0 spiro atoms. The molecule has 0 unspecified atom stereocenters. The summed E-state index contributed by atoms with van der Waals surface area (Å²) in [5, 5.41) is 22.6. The van der Waals surface area contributed by atoms with Crippen molar-refractivity contribution in [3.8, 4) is 12.1 Å². The van der Waals surface area contributed by atoms with Crippen molar-refractivity contribution in [2.45, 2.75) is 24.2 Å². The number of halogens is 3. The molecular formula is C26H16F3N3OS. The highest BCUT2D eigenvalue weighted by molar-refractivity contribution is 7.12. The number of carbonyl (C=O) groups is 1. The van der Waals surface area contributed by atoms with Gasteiger partial charge >= 0.3 is 6.18 Å². The maximum atomic E-state index is 14.1. The van der Waals surface area contributed by atoms with Crippen LogP contribution in [0.1, 0.15) is 43.9 Å². The van der Waals surface area contributed by atoms with Crippen molar-refractivity contribution < 1.29 is 18.0 Å². The topological polar surface area (TPSA) is 67.9 Å². The molecular weight excluding hydrogens is 459 g/mol. The number of alkyl halides is 3. The fraction of sp³-hybridized carbons (Fsp3) is 0.192. The van der Waals surface area contributed by atoms with E-state index in [0.29, 0.717) is 10.4 Å². The van der Waals surface area contributed by atoms with Gasteiger partial charge in [0.15, 0.2) is 11.2 Å². The Morgan fingerprint density at radius 3 is 2.29 bits per heavy atom. The summed E-state index contributed by atoms with van der Waals surface area (Å²) < 4.78 is 42.3. The highest BCUT2D eigenvalue weighted by atomic mass is 32.1. The predicted molar refractivity (Wildman–Crippen MR) is 120 cm³/mol. The molecule has 1 saturated heterocycles. The zero-order valence-corrected chi connectivity index (χ0v) is 18.3. The lowest BCUT2D eigenvalue weighted by molar-refractivity contribution is -0.138. The van der Waals surface area contributed by atoms with E-state index in [1.54, 1.807) is 52.9 Å². The van der Waals surface area contributed by atoms with Crippen LogP contribution in [0.3, 0.4) is 0 Å². The predicted octanol–water partition coefficient (Wildman–Crippen LogP) is 6.18. The number of hydrogen-bond donors (Lipinski definition) is 0. The molecule has 2 aliphatic rings. The van der Waals surface area contributed by atoms with E-state index in [1.807, 2.05) is 6.07 Å². The maximum absolute atomic E-state index is 14.1. The molecule has 8 heteroatoms. The number of nitrogens with zero attached hydrogens (tertiary/aromatic N) is 3.